The first kappa shape index (κ1) is 13.1. The van der Waals surface area contributed by atoms with Crippen LogP contribution in [0.5, 0.6) is 5.75 Å². The minimum absolute atomic E-state index is 0.222. The Hall–Kier alpha value is -1.89. The molecule has 1 fully saturated rings. The van der Waals surface area contributed by atoms with E-state index in [1.807, 2.05) is 18.2 Å². The van der Waals surface area contributed by atoms with Gasteiger partial charge in [0.25, 0.3) is 0 Å². The second-order valence-corrected chi connectivity index (χ2v) is 5.46. The summed E-state index contributed by atoms with van der Waals surface area (Å²) in [6.07, 6.45) is -0.222. The van der Waals surface area contributed by atoms with E-state index in [0.29, 0.717) is 19.7 Å². The molecule has 6 nitrogen and oxygen atoms in total. The number of hydrogen-bond acceptors (Lipinski definition) is 5. The van der Waals surface area contributed by atoms with E-state index in [9.17, 15) is 4.79 Å². The first-order chi connectivity index (χ1) is 9.76. The topological polar surface area (TPSA) is 67.5 Å². The smallest absolute Gasteiger partial charge is 0.409 e. The van der Waals surface area contributed by atoms with Gasteiger partial charge < -0.3 is 19.4 Å². The number of methoxy groups -OCH3 is 1. The highest BCUT2D eigenvalue weighted by molar-refractivity contribution is 7.99. The fourth-order valence-electron chi connectivity index (χ4n) is 2.04. The third kappa shape index (κ3) is 2.67. The molecule has 0 radical (unpaired) electrons. The number of amides is 1. The molecular weight excluding hydrogens is 278 g/mol. The van der Waals surface area contributed by atoms with Crippen LogP contribution in [-0.2, 0) is 4.74 Å². The number of hydrogen-bond donors (Lipinski definition) is 1. The summed E-state index contributed by atoms with van der Waals surface area (Å²) in [6.45, 7) is 1.84. The summed E-state index contributed by atoms with van der Waals surface area (Å²) in [5, 5.41) is 0.848. The summed E-state index contributed by atoms with van der Waals surface area (Å²) in [4.78, 5) is 20.7. The van der Waals surface area contributed by atoms with E-state index < -0.39 is 0 Å². The van der Waals surface area contributed by atoms with Gasteiger partial charge in [-0.2, -0.15) is 0 Å². The lowest BCUT2D eigenvalue weighted by Crippen LogP contribution is -2.26. The molecule has 2 aromatic rings. The second kappa shape index (κ2) is 5.62. The Kier molecular flexibility index (Phi) is 3.68. The van der Waals surface area contributed by atoms with Crippen LogP contribution in [0, 0.1) is 0 Å². The van der Waals surface area contributed by atoms with E-state index >= 15 is 0 Å². The maximum absolute atomic E-state index is 11.3. The van der Waals surface area contributed by atoms with Gasteiger partial charge in [0.1, 0.15) is 12.4 Å². The molecule has 1 saturated heterocycles. The zero-order valence-corrected chi connectivity index (χ0v) is 11.9. The molecule has 0 bridgehead atoms. The van der Waals surface area contributed by atoms with E-state index in [4.69, 9.17) is 9.47 Å². The average Bonchev–Trinajstić information content (AvgIpc) is 3.04. The molecule has 20 heavy (non-hydrogen) atoms. The van der Waals surface area contributed by atoms with Crippen molar-refractivity contribution in [2.75, 3.05) is 32.6 Å². The Balaban J connectivity index is 1.61. The number of nitrogens with one attached hydrogen (secondary N) is 1. The summed E-state index contributed by atoms with van der Waals surface area (Å²) >= 11 is 1.59. The number of imidazole rings is 1. The van der Waals surface area contributed by atoms with Crippen molar-refractivity contribution in [1.29, 1.82) is 0 Å². The first-order valence-corrected chi connectivity index (χ1v) is 7.33. The minimum Gasteiger partial charge on any atom is -0.497 e. The summed E-state index contributed by atoms with van der Waals surface area (Å²) in [6, 6.07) is 5.73. The summed E-state index contributed by atoms with van der Waals surface area (Å²) in [7, 11) is 1.64. The van der Waals surface area contributed by atoms with Gasteiger partial charge in [-0.15, -0.1) is 0 Å². The number of cyclic esters (lactones) is 1. The molecule has 0 unspecified atom stereocenters. The Morgan fingerprint density at radius 2 is 2.45 bits per heavy atom. The van der Waals surface area contributed by atoms with Crippen LogP contribution < -0.4 is 4.74 Å². The molecule has 0 spiro atoms. The molecule has 0 aliphatic carbocycles. The Labute approximate surface area is 120 Å². The Morgan fingerprint density at radius 1 is 1.55 bits per heavy atom. The van der Waals surface area contributed by atoms with E-state index in [2.05, 4.69) is 9.97 Å². The molecule has 1 aliphatic heterocycles. The quantitative estimate of drug-likeness (QED) is 0.855. The lowest BCUT2D eigenvalue weighted by Gasteiger charge is -2.10. The number of nitrogens with zero attached hydrogens (tertiary/aromatic N) is 2. The number of fused-ring (bicyclic) bond motifs is 1. The van der Waals surface area contributed by atoms with Crippen LogP contribution in [0.15, 0.2) is 23.4 Å². The number of aromatic amines is 1. The minimum atomic E-state index is -0.222. The van der Waals surface area contributed by atoms with E-state index in [0.717, 1.165) is 27.7 Å². The van der Waals surface area contributed by atoms with Crippen LogP contribution in [0.3, 0.4) is 0 Å². The van der Waals surface area contributed by atoms with Crippen LogP contribution in [0.1, 0.15) is 0 Å². The van der Waals surface area contributed by atoms with Crippen LogP contribution >= 0.6 is 11.8 Å². The number of aromatic nitrogens is 2. The van der Waals surface area contributed by atoms with E-state index in [1.165, 1.54) is 0 Å². The van der Waals surface area contributed by atoms with Crippen molar-refractivity contribution in [1.82, 2.24) is 14.9 Å². The van der Waals surface area contributed by atoms with Crippen LogP contribution in [0.25, 0.3) is 11.0 Å². The molecule has 1 amide bonds. The van der Waals surface area contributed by atoms with Crippen molar-refractivity contribution >= 4 is 28.9 Å². The number of carbonyl (C=O) groups is 1. The number of rotatable bonds is 5. The van der Waals surface area contributed by atoms with Gasteiger partial charge >= 0.3 is 6.09 Å². The van der Waals surface area contributed by atoms with Crippen molar-refractivity contribution in [2.24, 2.45) is 0 Å². The molecule has 106 valence electrons. The molecule has 1 N–H and O–H groups in total. The Bertz CT molecular complexity index is 628. The van der Waals surface area contributed by atoms with E-state index in [1.54, 1.807) is 23.8 Å². The fraction of sp³-hybridized carbons (Fsp3) is 0.385. The van der Waals surface area contributed by atoms with Gasteiger partial charge in [-0.05, 0) is 12.1 Å². The van der Waals surface area contributed by atoms with Crippen molar-refractivity contribution in [3.63, 3.8) is 0 Å². The lowest BCUT2D eigenvalue weighted by molar-refractivity contribution is 0.160. The normalized spacial score (nSPS) is 14.8. The molecule has 1 aliphatic rings. The number of thioether (sulfide) groups is 1. The predicted molar refractivity (Wildman–Crippen MR) is 76.3 cm³/mol. The van der Waals surface area contributed by atoms with Crippen LogP contribution in [-0.4, -0.2) is 53.5 Å². The van der Waals surface area contributed by atoms with Gasteiger partial charge in [0, 0.05) is 18.4 Å². The van der Waals surface area contributed by atoms with Crippen LogP contribution in [0.2, 0.25) is 0 Å². The number of benzene rings is 1. The van der Waals surface area contributed by atoms with Gasteiger partial charge in [-0.3, -0.25) is 0 Å². The van der Waals surface area contributed by atoms with Crippen LogP contribution in [0.4, 0.5) is 4.79 Å². The van der Waals surface area contributed by atoms with Crippen molar-refractivity contribution < 1.29 is 14.3 Å². The van der Waals surface area contributed by atoms with Gasteiger partial charge in [-0.25, -0.2) is 9.78 Å². The van der Waals surface area contributed by atoms with Gasteiger partial charge in [0.2, 0.25) is 0 Å². The van der Waals surface area contributed by atoms with Crippen molar-refractivity contribution in [3.05, 3.63) is 18.2 Å². The lowest BCUT2D eigenvalue weighted by atomic mass is 10.3. The maximum Gasteiger partial charge on any atom is 0.409 e. The first-order valence-electron chi connectivity index (χ1n) is 6.34. The van der Waals surface area contributed by atoms with Gasteiger partial charge in [0.05, 0.1) is 24.7 Å². The third-order valence-corrected chi connectivity index (χ3v) is 3.97. The van der Waals surface area contributed by atoms with Crippen molar-refractivity contribution in [2.45, 2.75) is 5.16 Å². The Morgan fingerprint density at radius 3 is 3.20 bits per heavy atom. The summed E-state index contributed by atoms with van der Waals surface area (Å²) < 4.78 is 10.1. The number of carbonyl (C=O) groups excluding carboxylic acids is 1. The largest absolute Gasteiger partial charge is 0.497 e. The second-order valence-electron chi connectivity index (χ2n) is 4.37. The van der Waals surface area contributed by atoms with Gasteiger partial charge in [-0.1, -0.05) is 11.8 Å². The zero-order chi connectivity index (χ0) is 13.9. The zero-order valence-electron chi connectivity index (χ0n) is 11.1. The molecular formula is C13H15N3O3S. The van der Waals surface area contributed by atoms with E-state index in [-0.39, 0.29) is 6.09 Å². The van der Waals surface area contributed by atoms with Crippen molar-refractivity contribution in [3.8, 4) is 5.75 Å². The third-order valence-electron chi connectivity index (χ3n) is 3.11. The summed E-state index contributed by atoms with van der Waals surface area (Å²) in [5.41, 5.74) is 1.86. The molecule has 2 heterocycles. The average molecular weight is 293 g/mol. The fourth-order valence-corrected chi connectivity index (χ4v) is 2.89. The molecule has 1 aromatic heterocycles. The highest BCUT2D eigenvalue weighted by atomic mass is 32.2. The number of ether oxygens (including phenoxy) is 2. The standard InChI is InChI=1S/C13H15N3O3S/c1-18-9-2-3-10-11(8-9)15-12(14-10)20-7-5-16-4-6-19-13(16)17/h2-3,8H,4-7H2,1H3,(H,14,15). The molecule has 0 atom stereocenters. The molecule has 3 rings (SSSR count). The molecule has 7 heteroatoms. The SMILES string of the molecule is COc1ccc2nc(SCCN3CCOC3=O)[nH]c2c1. The predicted octanol–water partition coefficient (Wildman–Crippen LogP) is 2.12. The molecule has 0 saturated carbocycles. The maximum atomic E-state index is 11.3. The monoisotopic (exact) mass is 293 g/mol. The highest BCUT2D eigenvalue weighted by Gasteiger charge is 2.21. The number of H-pyrrole nitrogens is 1. The summed E-state index contributed by atoms with van der Waals surface area (Å²) in [5.74, 6) is 1.59. The highest BCUT2D eigenvalue weighted by Crippen LogP contribution is 2.23. The van der Waals surface area contributed by atoms with Gasteiger partial charge in [0.15, 0.2) is 5.16 Å². The molecule has 1 aromatic carbocycles.